The summed E-state index contributed by atoms with van der Waals surface area (Å²) in [6, 6.07) is -0.187. The predicted octanol–water partition coefficient (Wildman–Crippen LogP) is -1.26. The third-order valence-electron chi connectivity index (χ3n) is 2.18. The zero-order valence-corrected chi connectivity index (χ0v) is 10.2. The molecule has 1 heterocycles. The highest BCUT2D eigenvalue weighted by molar-refractivity contribution is 8.06. The van der Waals surface area contributed by atoms with Gasteiger partial charge in [0.15, 0.2) is 14.9 Å². The van der Waals surface area contributed by atoms with Crippen LogP contribution in [0.15, 0.2) is 0 Å². The van der Waals surface area contributed by atoms with E-state index >= 15 is 0 Å². The van der Waals surface area contributed by atoms with Gasteiger partial charge in [-0.05, 0) is 12.8 Å². The van der Waals surface area contributed by atoms with E-state index in [0.717, 1.165) is 12.7 Å². The second-order valence-corrected chi connectivity index (χ2v) is 8.39. The Labute approximate surface area is 90.4 Å². The third-order valence-corrected chi connectivity index (χ3v) is 6.20. The summed E-state index contributed by atoms with van der Waals surface area (Å²) in [5, 5.41) is -0.827. The van der Waals surface area contributed by atoms with E-state index in [9.17, 15) is 16.8 Å². The number of nitrogens with two attached hydrogens (primary N) is 1. The van der Waals surface area contributed by atoms with Gasteiger partial charge in [-0.3, -0.25) is 0 Å². The molecular formula is C7H16N2O4S2. The van der Waals surface area contributed by atoms with E-state index in [1.165, 1.54) is 4.31 Å². The third kappa shape index (κ3) is 4.06. The Hall–Kier alpha value is -0.180. The fourth-order valence-electron chi connectivity index (χ4n) is 1.57. The minimum Gasteiger partial charge on any atom is -0.327 e. The summed E-state index contributed by atoms with van der Waals surface area (Å²) in [6.07, 6.45) is 2.38. The van der Waals surface area contributed by atoms with Crippen molar-refractivity contribution in [3.05, 3.63) is 0 Å². The number of nitrogens with zero attached hydrogens (tertiary/aromatic N) is 1. The molecule has 0 aromatic heterocycles. The number of sulfone groups is 1. The van der Waals surface area contributed by atoms with Crippen LogP contribution < -0.4 is 5.73 Å². The highest BCUT2D eigenvalue weighted by Crippen LogP contribution is 2.13. The zero-order valence-electron chi connectivity index (χ0n) is 8.59. The summed E-state index contributed by atoms with van der Waals surface area (Å²) in [6.45, 7) is 0.587. The molecule has 0 bridgehead atoms. The quantitative estimate of drug-likeness (QED) is 0.680. The van der Waals surface area contributed by atoms with Crippen molar-refractivity contribution in [1.29, 1.82) is 0 Å². The van der Waals surface area contributed by atoms with E-state index in [1.54, 1.807) is 0 Å². The van der Waals surface area contributed by atoms with E-state index in [1.807, 2.05) is 0 Å². The van der Waals surface area contributed by atoms with Crippen molar-refractivity contribution >= 4 is 19.9 Å². The van der Waals surface area contributed by atoms with Gasteiger partial charge >= 0.3 is 0 Å². The van der Waals surface area contributed by atoms with Gasteiger partial charge in [0, 0.05) is 25.4 Å². The van der Waals surface area contributed by atoms with Crippen LogP contribution in [-0.2, 0) is 19.9 Å². The summed E-state index contributed by atoms with van der Waals surface area (Å²) in [7, 11) is -7.23. The number of rotatable bonds is 3. The average Bonchev–Trinajstić information content (AvgIpc) is 1.99. The molecule has 15 heavy (non-hydrogen) atoms. The van der Waals surface area contributed by atoms with Crippen molar-refractivity contribution in [2.45, 2.75) is 18.9 Å². The summed E-state index contributed by atoms with van der Waals surface area (Å²) >= 11 is 0. The monoisotopic (exact) mass is 256 g/mol. The average molecular weight is 256 g/mol. The molecule has 6 nitrogen and oxygen atoms in total. The van der Waals surface area contributed by atoms with Crippen molar-refractivity contribution in [3.8, 4) is 0 Å². The van der Waals surface area contributed by atoms with Crippen LogP contribution in [0.25, 0.3) is 0 Å². The lowest BCUT2D eigenvalue weighted by molar-refractivity contribution is 0.317. The SMILES string of the molecule is CS(=O)(=O)CS(=O)(=O)N1CCCC(N)C1. The second kappa shape index (κ2) is 4.36. The molecule has 0 aromatic rings. The summed E-state index contributed by atoms with van der Waals surface area (Å²) in [4.78, 5) is 0. The summed E-state index contributed by atoms with van der Waals surface area (Å²) < 4.78 is 46.3. The molecule has 0 saturated carbocycles. The van der Waals surface area contributed by atoms with Crippen molar-refractivity contribution in [2.75, 3.05) is 24.4 Å². The predicted molar refractivity (Wildman–Crippen MR) is 57.4 cm³/mol. The van der Waals surface area contributed by atoms with E-state index in [-0.39, 0.29) is 12.6 Å². The topological polar surface area (TPSA) is 97.5 Å². The second-order valence-electron chi connectivity index (χ2n) is 3.92. The largest absolute Gasteiger partial charge is 0.327 e. The molecule has 1 aliphatic heterocycles. The minimum absolute atomic E-state index is 0.187. The number of hydrogen-bond acceptors (Lipinski definition) is 5. The molecule has 1 unspecified atom stereocenters. The highest BCUT2D eigenvalue weighted by atomic mass is 32.3. The number of piperidine rings is 1. The molecule has 1 saturated heterocycles. The normalized spacial score (nSPS) is 25.3. The van der Waals surface area contributed by atoms with Gasteiger partial charge in [0.1, 0.15) is 0 Å². The molecule has 0 amide bonds. The molecule has 0 aliphatic carbocycles. The number of hydrogen-bond donors (Lipinski definition) is 1. The zero-order chi connectivity index (χ0) is 11.7. The Kier molecular flexibility index (Phi) is 3.75. The highest BCUT2D eigenvalue weighted by Gasteiger charge is 2.29. The first kappa shape index (κ1) is 12.9. The Morgan fingerprint density at radius 2 is 1.93 bits per heavy atom. The van der Waals surface area contributed by atoms with Crippen LogP contribution in [0.3, 0.4) is 0 Å². The molecule has 0 radical (unpaired) electrons. The van der Waals surface area contributed by atoms with Crippen LogP contribution in [0, 0.1) is 0 Å². The van der Waals surface area contributed by atoms with Crippen molar-refractivity contribution in [3.63, 3.8) is 0 Å². The van der Waals surface area contributed by atoms with Crippen LogP contribution >= 0.6 is 0 Å². The first-order valence-electron chi connectivity index (χ1n) is 4.62. The van der Waals surface area contributed by atoms with Gasteiger partial charge in [0.25, 0.3) is 0 Å². The maximum absolute atomic E-state index is 11.6. The van der Waals surface area contributed by atoms with Crippen LogP contribution in [-0.4, -0.2) is 51.6 Å². The van der Waals surface area contributed by atoms with Crippen molar-refractivity contribution < 1.29 is 16.8 Å². The molecule has 0 spiro atoms. The van der Waals surface area contributed by atoms with Gasteiger partial charge in [-0.25, -0.2) is 16.8 Å². The van der Waals surface area contributed by atoms with Gasteiger partial charge in [0.2, 0.25) is 10.0 Å². The van der Waals surface area contributed by atoms with Crippen molar-refractivity contribution in [2.24, 2.45) is 5.73 Å². The van der Waals surface area contributed by atoms with Gasteiger partial charge < -0.3 is 5.73 Å². The molecule has 0 aromatic carbocycles. The van der Waals surface area contributed by atoms with Crippen LogP contribution in [0.1, 0.15) is 12.8 Å². The van der Waals surface area contributed by atoms with Gasteiger partial charge in [-0.2, -0.15) is 4.31 Å². The van der Waals surface area contributed by atoms with E-state index in [0.29, 0.717) is 13.0 Å². The van der Waals surface area contributed by atoms with Crippen LogP contribution in [0.2, 0.25) is 0 Å². The van der Waals surface area contributed by atoms with Crippen molar-refractivity contribution in [1.82, 2.24) is 4.31 Å². The Morgan fingerprint density at radius 1 is 1.33 bits per heavy atom. The first-order chi connectivity index (χ1) is 6.71. The maximum atomic E-state index is 11.6. The fourth-order valence-corrected chi connectivity index (χ4v) is 5.16. The standard InChI is InChI=1S/C7H16N2O4S2/c1-14(10,11)6-15(12,13)9-4-2-3-7(8)5-9/h7H,2-6,8H2,1H3. The van der Waals surface area contributed by atoms with Gasteiger partial charge in [-0.1, -0.05) is 0 Å². The molecule has 1 rings (SSSR count). The molecular weight excluding hydrogens is 240 g/mol. The van der Waals surface area contributed by atoms with Crippen LogP contribution in [0.5, 0.6) is 0 Å². The molecule has 8 heteroatoms. The lowest BCUT2D eigenvalue weighted by Gasteiger charge is -2.29. The summed E-state index contributed by atoms with van der Waals surface area (Å²) in [5.41, 5.74) is 5.63. The maximum Gasteiger partial charge on any atom is 0.228 e. The van der Waals surface area contributed by atoms with E-state index in [4.69, 9.17) is 5.73 Å². The Morgan fingerprint density at radius 3 is 2.40 bits per heavy atom. The van der Waals surface area contributed by atoms with E-state index < -0.39 is 24.9 Å². The molecule has 1 aliphatic rings. The van der Waals surface area contributed by atoms with Crippen LogP contribution in [0.4, 0.5) is 0 Å². The molecule has 1 fully saturated rings. The molecule has 1 atom stereocenters. The number of sulfonamides is 1. The molecule has 2 N–H and O–H groups in total. The Bertz CT molecular complexity index is 414. The first-order valence-corrected chi connectivity index (χ1v) is 8.29. The van der Waals surface area contributed by atoms with Gasteiger partial charge in [-0.15, -0.1) is 0 Å². The van der Waals surface area contributed by atoms with E-state index in [2.05, 4.69) is 0 Å². The lowest BCUT2D eigenvalue weighted by Crippen LogP contribution is -2.47. The minimum atomic E-state index is -3.71. The lowest BCUT2D eigenvalue weighted by atomic mass is 10.1. The molecule has 90 valence electrons. The smallest absolute Gasteiger partial charge is 0.228 e. The van der Waals surface area contributed by atoms with Gasteiger partial charge in [0.05, 0.1) is 0 Å². The Balaban J connectivity index is 2.78. The summed E-state index contributed by atoms with van der Waals surface area (Å²) in [5.74, 6) is 0. The fraction of sp³-hybridized carbons (Fsp3) is 1.00.